The van der Waals surface area contributed by atoms with E-state index in [2.05, 4.69) is 4.74 Å². The first kappa shape index (κ1) is 5.32. The van der Waals surface area contributed by atoms with Crippen LogP contribution < -0.4 is 5.73 Å². The highest BCUT2D eigenvalue weighted by Gasteiger charge is 2.14. The monoisotopic (exact) mass is 168 g/mol. The number of ether oxygens (including phenoxy) is 1. The molecular weight excluding hydrogens is 154 g/mol. The smallest absolute Gasteiger partial charge is 0.327 e. The molecule has 0 fully saturated rings. The van der Waals surface area contributed by atoms with Crippen LogP contribution in [0.2, 0.25) is 0 Å². The van der Waals surface area contributed by atoms with E-state index in [0.717, 1.165) is 0 Å². The van der Waals surface area contributed by atoms with Gasteiger partial charge in [0, 0.05) is 0 Å². The molecule has 12 heavy (non-hydrogen) atoms. The van der Waals surface area contributed by atoms with Crippen molar-refractivity contribution in [3.05, 3.63) is 35.9 Å². The lowest BCUT2D eigenvalue weighted by Gasteiger charge is -2.08. The van der Waals surface area contributed by atoms with Crippen molar-refractivity contribution in [1.82, 2.24) is 0 Å². The average Bonchev–Trinajstić information content (AvgIpc) is 2.15. The molecule has 0 saturated heterocycles. The van der Waals surface area contributed by atoms with Gasteiger partial charge in [-0.25, -0.2) is 0 Å². The maximum Gasteiger partial charge on any atom is 0.327 e. The average molecular weight is 168 g/mol. The van der Waals surface area contributed by atoms with Crippen LogP contribution in [0.5, 0.6) is 0 Å². The molecule has 1 rings (SSSR count). The van der Waals surface area contributed by atoms with Crippen molar-refractivity contribution in [2.45, 2.75) is 6.04 Å². The molecule has 3 heteroatoms. The van der Waals surface area contributed by atoms with Crippen LogP contribution in [0.25, 0.3) is 0 Å². The Hall–Kier alpha value is -1.35. The molecule has 0 spiro atoms. The van der Waals surface area contributed by atoms with E-state index in [-0.39, 0.29) is 0 Å². The second kappa shape index (κ2) is 3.88. The molecule has 0 aliphatic rings. The molecule has 3 nitrogen and oxygen atoms in total. The van der Waals surface area contributed by atoms with Crippen LogP contribution >= 0.6 is 0 Å². The summed E-state index contributed by atoms with van der Waals surface area (Å²) in [6.45, 7) is 0. The number of methoxy groups -OCH3 is 1. The van der Waals surface area contributed by atoms with Crippen LogP contribution in [-0.4, -0.2) is 13.0 Å². The Labute approximate surface area is 75.4 Å². The predicted molar refractivity (Wildman–Crippen MR) is 45.4 cm³/mol. The second-order valence-corrected chi connectivity index (χ2v) is 2.31. The van der Waals surface area contributed by atoms with Crippen molar-refractivity contribution in [2.24, 2.45) is 5.73 Å². The van der Waals surface area contributed by atoms with E-state index in [1.54, 1.807) is 30.3 Å². The Morgan fingerprint density at radius 2 is 2.25 bits per heavy atom. The van der Waals surface area contributed by atoms with Crippen molar-refractivity contribution in [1.29, 1.82) is 0 Å². The number of carbonyl (C=O) groups excluding carboxylic acids is 1. The Kier molecular flexibility index (Phi) is 1.72. The molecule has 0 saturated carbocycles. The maximum atomic E-state index is 11.3. The molecule has 0 aliphatic heterocycles. The first-order chi connectivity index (χ1) is 6.90. The van der Waals surface area contributed by atoms with Gasteiger partial charge in [0.05, 0.1) is 11.2 Å². The summed E-state index contributed by atoms with van der Waals surface area (Å²) in [6, 6.07) is 7.38. The van der Waals surface area contributed by atoms with Gasteiger partial charge in [0.15, 0.2) is 0 Å². The third kappa shape index (κ3) is 1.83. The van der Waals surface area contributed by atoms with Crippen LogP contribution in [-0.2, 0) is 9.53 Å². The van der Waals surface area contributed by atoms with E-state index in [1.165, 1.54) is 0 Å². The third-order valence-corrected chi connectivity index (χ3v) is 1.51. The van der Waals surface area contributed by atoms with E-state index in [0.29, 0.717) is 5.56 Å². The van der Waals surface area contributed by atoms with E-state index < -0.39 is 19.0 Å². The lowest BCUT2D eigenvalue weighted by Crippen LogP contribution is -2.22. The summed E-state index contributed by atoms with van der Waals surface area (Å²) in [7, 11) is -2.75. The summed E-state index contributed by atoms with van der Waals surface area (Å²) in [4.78, 5) is 11.3. The molecule has 2 N–H and O–H groups in total. The summed E-state index contributed by atoms with van der Waals surface area (Å²) >= 11 is 0. The highest BCUT2D eigenvalue weighted by Crippen LogP contribution is 2.09. The number of hydrogen-bond donors (Lipinski definition) is 1. The molecule has 1 atom stereocenters. The molecule has 64 valence electrons. The highest BCUT2D eigenvalue weighted by molar-refractivity contribution is 5.77. The fraction of sp³-hybridized carbons (Fsp3) is 0.222. The molecule has 1 unspecified atom stereocenters. The van der Waals surface area contributed by atoms with Crippen LogP contribution in [0.4, 0.5) is 0 Å². The van der Waals surface area contributed by atoms with E-state index in [4.69, 9.17) is 9.85 Å². The largest absolute Gasteiger partial charge is 0.468 e. The van der Waals surface area contributed by atoms with Crippen LogP contribution in [0.15, 0.2) is 30.3 Å². The van der Waals surface area contributed by atoms with Crippen molar-refractivity contribution < 1.29 is 13.6 Å². The van der Waals surface area contributed by atoms with Crippen LogP contribution in [0, 0.1) is 0 Å². The van der Waals surface area contributed by atoms with Gasteiger partial charge < -0.3 is 10.5 Å². The van der Waals surface area contributed by atoms with Crippen molar-refractivity contribution in [3.8, 4) is 0 Å². The van der Waals surface area contributed by atoms with Crippen LogP contribution in [0.1, 0.15) is 15.7 Å². The zero-order valence-corrected chi connectivity index (χ0v) is 6.36. The normalized spacial score (nSPS) is 16.9. The van der Waals surface area contributed by atoms with E-state index in [1.807, 2.05) is 0 Å². The van der Waals surface area contributed by atoms with Gasteiger partial charge >= 0.3 is 5.97 Å². The highest BCUT2D eigenvalue weighted by atomic mass is 16.5. The molecule has 0 bridgehead atoms. The summed E-state index contributed by atoms with van der Waals surface area (Å²) in [5, 5.41) is 0. The minimum atomic E-state index is -2.75. The zero-order chi connectivity index (χ0) is 11.5. The van der Waals surface area contributed by atoms with Crippen molar-refractivity contribution >= 4 is 5.97 Å². The Bertz CT molecular complexity index is 337. The number of carbonyl (C=O) groups is 1. The summed E-state index contributed by atoms with van der Waals surface area (Å²) < 4.78 is 24.4. The number of rotatable bonds is 2. The molecule has 0 aliphatic carbocycles. The van der Waals surface area contributed by atoms with E-state index in [9.17, 15) is 4.79 Å². The lowest BCUT2D eigenvalue weighted by molar-refractivity contribution is -0.142. The topological polar surface area (TPSA) is 52.3 Å². The van der Waals surface area contributed by atoms with Crippen molar-refractivity contribution in [2.75, 3.05) is 7.04 Å². The van der Waals surface area contributed by atoms with Gasteiger partial charge in [0.25, 0.3) is 0 Å². The first-order valence-electron chi connectivity index (χ1n) is 4.93. The van der Waals surface area contributed by atoms with Gasteiger partial charge in [0.1, 0.15) is 6.04 Å². The number of nitrogens with two attached hydrogens (primary N) is 1. The van der Waals surface area contributed by atoms with Gasteiger partial charge in [0.2, 0.25) is 0 Å². The minimum absolute atomic E-state index is 0.520. The number of hydrogen-bond acceptors (Lipinski definition) is 3. The molecule has 0 amide bonds. The molecule has 0 aromatic heterocycles. The zero-order valence-electron chi connectivity index (χ0n) is 9.36. The third-order valence-electron chi connectivity index (χ3n) is 1.51. The summed E-state index contributed by atoms with van der Waals surface area (Å²) in [5.41, 5.74) is 6.04. The minimum Gasteiger partial charge on any atom is -0.468 e. The quantitative estimate of drug-likeness (QED) is 0.666. The van der Waals surface area contributed by atoms with E-state index >= 15 is 0 Å². The first-order valence-corrected chi connectivity index (χ1v) is 3.43. The second-order valence-electron chi connectivity index (χ2n) is 2.31. The fourth-order valence-electron chi connectivity index (χ4n) is 0.860. The maximum absolute atomic E-state index is 11.3. The fourth-order valence-corrected chi connectivity index (χ4v) is 0.860. The summed E-state index contributed by atoms with van der Waals surface area (Å²) in [5.74, 6) is -0.957. The standard InChI is InChI=1S/C9H11NO2/c1-12-9(11)8(10)7-5-3-2-4-6-7/h2-6,8H,10H2,1H3/i1D3. The number of esters is 1. The Balaban J connectivity index is 2.70. The van der Waals surface area contributed by atoms with Gasteiger partial charge in [-0.15, -0.1) is 0 Å². The SMILES string of the molecule is [2H]C([2H])([2H])OC(=O)C(N)c1ccccc1. The molecular formula is C9H11NO2. The van der Waals surface area contributed by atoms with Gasteiger partial charge in [-0.05, 0) is 5.56 Å². The van der Waals surface area contributed by atoms with Gasteiger partial charge in [-0.1, -0.05) is 30.3 Å². The summed E-state index contributed by atoms with van der Waals surface area (Å²) in [6.07, 6.45) is 0. The van der Waals surface area contributed by atoms with Gasteiger partial charge in [-0.3, -0.25) is 4.79 Å². The predicted octanol–water partition coefficient (Wildman–Crippen LogP) is 0.859. The number of benzene rings is 1. The molecule has 1 aromatic carbocycles. The molecule has 1 aromatic rings. The van der Waals surface area contributed by atoms with Gasteiger partial charge in [-0.2, -0.15) is 0 Å². The Morgan fingerprint density at radius 1 is 1.58 bits per heavy atom. The van der Waals surface area contributed by atoms with Crippen LogP contribution in [0.3, 0.4) is 0 Å². The Morgan fingerprint density at radius 3 is 2.83 bits per heavy atom. The lowest BCUT2D eigenvalue weighted by atomic mass is 10.1. The molecule has 0 radical (unpaired) electrons. The molecule has 0 heterocycles. The van der Waals surface area contributed by atoms with Crippen molar-refractivity contribution in [3.63, 3.8) is 0 Å².